The van der Waals surface area contributed by atoms with Crippen molar-refractivity contribution in [2.75, 3.05) is 25.1 Å². The molecule has 1 unspecified atom stereocenters. The lowest BCUT2D eigenvalue weighted by atomic mass is 10.1. The molecule has 0 spiro atoms. The number of nitrogens with two attached hydrogens (primary N) is 1. The molecule has 1 aliphatic rings. The van der Waals surface area contributed by atoms with E-state index in [2.05, 4.69) is 6.07 Å². The molecule has 1 atom stereocenters. The number of anilines is 1. The first-order valence-electron chi connectivity index (χ1n) is 9.62. The number of nitrogens with zero attached hydrogens (tertiary/aromatic N) is 4. The van der Waals surface area contributed by atoms with E-state index in [-0.39, 0.29) is 23.7 Å². The molecule has 1 aliphatic heterocycles. The number of hydrogen-bond donors (Lipinski definition) is 1. The van der Waals surface area contributed by atoms with Crippen LogP contribution in [0.5, 0.6) is 0 Å². The Morgan fingerprint density at radius 2 is 2.23 bits per heavy atom. The molecule has 1 saturated heterocycles. The average Bonchev–Trinajstić information content (AvgIpc) is 3.19. The number of carbonyl (C=O) groups excluding carboxylic acids is 1. The number of rotatable bonds is 4. The molecule has 0 radical (unpaired) electrons. The van der Waals surface area contributed by atoms with Crippen molar-refractivity contribution in [3.8, 4) is 6.07 Å². The molecule has 154 valence electrons. The van der Waals surface area contributed by atoms with Gasteiger partial charge in [0.05, 0.1) is 30.9 Å². The van der Waals surface area contributed by atoms with Gasteiger partial charge in [0.25, 0.3) is 5.56 Å². The Labute approximate surface area is 177 Å². The fraction of sp³-hybridized carbons (Fsp3) is 0.333. The number of aromatic nitrogens is 2. The van der Waals surface area contributed by atoms with Crippen LogP contribution in [-0.2, 0) is 11.3 Å². The Morgan fingerprint density at radius 1 is 1.43 bits per heavy atom. The SMILES string of the molecule is COC(=O)c1csc2c(=O)n(Cc3ccccc3C#N)c(N3CCCC(N)C3)nc12. The van der Waals surface area contributed by atoms with E-state index in [4.69, 9.17) is 15.5 Å². The lowest BCUT2D eigenvalue weighted by molar-refractivity contribution is 0.0603. The average molecular weight is 423 g/mol. The standard InChI is InChI=1S/C21H21N5O3S/c1-29-20(28)16-12-30-18-17(16)24-21(25-8-4-7-15(23)11-25)26(19(18)27)10-14-6-3-2-5-13(14)9-22/h2-3,5-6,12,15H,4,7-8,10-11,23H2,1H3. The Bertz CT molecular complexity index is 1210. The molecule has 4 rings (SSSR count). The number of piperidine rings is 1. The maximum atomic E-state index is 13.4. The van der Waals surface area contributed by atoms with Crippen molar-refractivity contribution in [1.82, 2.24) is 9.55 Å². The molecule has 3 heterocycles. The maximum Gasteiger partial charge on any atom is 0.340 e. The molecule has 0 amide bonds. The highest BCUT2D eigenvalue weighted by Gasteiger charge is 2.25. The highest BCUT2D eigenvalue weighted by atomic mass is 32.1. The van der Waals surface area contributed by atoms with Gasteiger partial charge in [-0.25, -0.2) is 9.78 Å². The zero-order valence-electron chi connectivity index (χ0n) is 16.5. The van der Waals surface area contributed by atoms with E-state index in [0.717, 1.165) is 18.4 Å². The number of benzene rings is 1. The highest BCUT2D eigenvalue weighted by molar-refractivity contribution is 7.17. The summed E-state index contributed by atoms with van der Waals surface area (Å²) in [5, 5.41) is 11.1. The van der Waals surface area contributed by atoms with Crippen molar-refractivity contribution in [2.24, 2.45) is 5.73 Å². The molecule has 1 aromatic carbocycles. The summed E-state index contributed by atoms with van der Waals surface area (Å²) in [6.07, 6.45) is 1.80. The van der Waals surface area contributed by atoms with Crippen molar-refractivity contribution >= 4 is 33.5 Å². The number of ether oxygens (including phenoxy) is 1. The van der Waals surface area contributed by atoms with Gasteiger partial charge in [0.2, 0.25) is 5.95 Å². The number of nitriles is 1. The number of hydrogen-bond acceptors (Lipinski definition) is 8. The van der Waals surface area contributed by atoms with Crippen LogP contribution in [0, 0.1) is 11.3 Å². The molecule has 0 bridgehead atoms. The van der Waals surface area contributed by atoms with Crippen LogP contribution in [0.4, 0.5) is 5.95 Å². The lowest BCUT2D eigenvalue weighted by Crippen LogP contribution is -2.45. The third-order valence-electron chi connectivity index (χ3n) is 5.27. The summed E-state index contributed by atoms with van der Waals surface area (Å²) in [6.45, 7) is 1.48. The summed E-state index contributed by atoms with van der Waals surface area (Å²) in [7, 11) is 1.30. The van der Waals surface area contributed by atoms with E-state index in [9.17, 15) is 14.9 Å². The minimum absolute atomic E-state index is 0.0197. The van der Waals surface area contributed by atoms with Crippen molar-refractivity contribution < 1.29 is 9.53 Å². The van der Waals surface area contributed by atoms with Crippen LogP contribution in [0.2, 0.25) is 0 Å². The van der Waals surface area contributed by atoms with Crippen molar-refractivity contribution in [3.63, 3.8) is 0 Å². The summed E-state index contributed by atoms with van der Waals surface area (Å²) in [4.78, 5) is 32.3. The quantitative estimate of drug-likeness (QED) is 0.639. The van der Waals surface area contributed by atoms with Crippen LogP contribution in [0.25, 0.3) is 10.2 Å². The third-order valence-corrected chi connectivity index (χ3v) is 6.23. The summed E-state index contributed by atoms with van der Waals surface area (Å²) in [6, 6.07) is 9.34. The zero-order chi connectivity index (χ0) is 21.3. The van der Waals surface area contributed by atoms with Gasteiger partial charge in [0.1, 0.15) is 10.2 Å². The number of thiophene rings is 1. The predicted molar refractivity (Wildman–Crippen MR) is 115 cm³/mol. The zero-order valence-corrected chi connectivity index (χ0v) is 17.3. The molecule has 0 saturated carbocycles. The van der Waals surface area contributed by atoms with Gasteiger partial charge in [-0.05, 0) is 24.5 Å². The number of esters is 1. The highest BCUT2D eigenvalue weighted by Crippen LogP contribution is 2.27. The third kappa shape index (κ3) is 3.56. The predicted octanol–water partition coefficient (Wildman–Crippen LogP) is 2.09. The number of carbonyl (C=O) groups is 1. The lowest BCUT2D eigenvalue weighted by Gasteiger charge is -2.33. The molecule has 0 aliphatic carbocycles. The van der Waals surface area contributed by atoms with Crippen molar-refractivity contribution in [1.29, 1.82) is 5.26 Å². The van der Waals surface area contributed by atoms with E-state index in [1.54, 1.807) is 22.1 Å². The summed E-state index contributed by atoms with van der Waals surface area (Å²) in [5.74, 6) is -0.0685. The van der Waals surface area contributed by atoms with Gasteiger partial charge in [-0.2, -0.15) is 5.26 Å². The van der Waals surface area contributed by atoms with Gasteiger partial charge in [0.15, 0.2) is 0 Å². The molecule has 3 aromatic rings. The molecule has 8 nitrogen and oxygen atoms in total. The topological polar surface area (TPSA) is 114 Å². The van der Waals surface area contributed by atoms with E-state index >= 15 is 0 Å². The molecule has 1 fully saturated rings. The second-order valence-corrected chi connectivity index (χ2v) is 8.12. The first-order chi connectivity index (χ1) is 14.5. The smallest absolute Gasteiger partial charge is 0.340 e. The summed E-state index contributed by atoms with van der Waals surface area (Å²) in [5.41, 5.74) is 7.78. The minimum Gasteiger partial charge on any atom is -0.465 e. The van der Waals surface area contributed by atoms with E-state index in [0.29, 0.717) is 34.8 Å². The van der Waals surface area contributed by atoms with Crippen LogP contribution < -0.4 is 16.2 Å². The Balaban J connectivity index is 1.92. The molecule has 30 heavy (non-hydrogen) atoms. The van der Waals surface area contributed by atoms with Gasteiger partial charge < -0.3 is 15.4 Å². The monoisotopic (exact) mass is 423 g/mol. The van der Waals surface area contributed by atoms with Gasteiger partial charge in [-0.1, -0.05) is 18.2 Å². The van der Waals surface area contributed by atoms with Crippen LogP contribution in [0.15, 0.2) is 34.4 Å². The Kier molecular flexibility index (Phi) is 5.53. The molecule has 9 heteroatoms. The Hall–Kier alpha value is -3.22. The molecule has 2 N–H and O–H groups in total. The normalized spacial score (nSPS) is 16.4. The second-order valence-electron chi connectivity index (χ2n) is 7.24. The van der Waals surface area contributed by atoms with Crippen LogP contribution >= 0.6 is 11.3 Å². The number of fused-ring (bicyclic) bond motifs is 1. The number of methoxy groups -OCH3 is 1. The fourth-order valence-corrected chi connectivity index (χ4v) is 4.68. The van der Waals surface area contributed by atoms with Crippen molar-refractivity contribution in [3.05, 3.63) is 56.7 Å². The van der Waals surface area contributed by atoms with Gasteiger partial charge in [-0.15, -0.1) is 11.3 Å². The minimum atomic E-state index is -0.526. The van der Waals surface area contributed by atoms with Crippen LogP contribution in [0.3, 0.4) is 0 Å². The summed E-state index contributed by atoms with van der Waals surface area (Å²) >= 11 is 1.17. The Morgan fingerprint density at radius 3 is 2.97 bits per heavy atom. The molecular weight excluding hydrogens is 402 g/mol. The van der Waals surface area contributed by atoms with E-state index in [1.165, 1.54) is 18.4 Å². The van der Waals surface area contributed by atoms with E-state index < -0.39 is 5.97 Å². The summed E-state index contributed by atoms with van der Waals surface area (Å²) < 4.78 is 6.81. The van der Waals surface area contributed by atoms with Crippen LogP contribution in [-0.4, -0.2) is 41.8 Å². The maximum absolute atomic E-state index is 13.4. The molecule has 2 aromatic heterocycles. The first kappa shape index (κ1) is 20.1. The van der Waals surface area contributed by atoms with Gasteiger partial charge >= 0.3 is 5.97 Å². The van der Waals surface area contributed by atoms with E-state index in [1.807, 2.05) is 17.0 Å². The largest absolute Gasteiger partial charge is 0.465 e. The first-order valence-corrected chi connectivity index (χ1v) is 10.5. The second kappa shape index (κ2) is 8.26. The van der Waals surface area contributed by atoms with Crippen molar-refractivity contribution in [2.45, 2.75) is 25.4 Å². The van der Waals surface area contributed by atoms with Crippen LogP contribution in [0.1, 0.15) is 34.3 Å². The van der Waals surface area contributed by atoms with Gasteiger partial charge in [0, 0.05) is 24.5 Å². The molecular formula is C21H21N5O3S. The fourth-order valence-electron chi connectivity index (χ4n) is 3.76. The van der Waals surface area contributed by atoms with Gasteiger partial charge in [-0.3, -0.25) is 9.36 Å².